The maximum atomic E-state index is 10.5. The quantitative estimate of drug-likeness (QED) is 0.572. The highest BCUT2D eigenvalue weighted by Gasteiger charge is 2.06. The third-order valence-corrected chi connectivity index (χ3v) is 2.75. The summed E-state index contributed by atoms with van der Waals surface area (Å²) in [5.41, 5.74) is 3.51. The molecule has 104 valence electrons. The Kier molecular flexibility index (Phi) is 3.99. The molecule has 0 atom stereocenters. The first-order valence-corrected chi connectivity index (χ1v) is 6.00. The van der Waals surface area contributed by atoms with Crippen LogP contribution in [0, 0.1) is 17.0 Å². The predicted molar refractivity (Wildman–Crippen MR) is 76.5 cm³/mol. The smallest absolute Gasteiger partial charge is 0.274 e. The number of aromatic nitrogens is 2. The van der Waals surface area contributed by atoms with Crippen molar-refractivity contribution in [3.05, 3.63) is 58.4 Å². The van der Waals surface area contributed by atoms with Crippen LogP contribution in [0.3, 0.4) is 0 Å². The summed E-state index contributed by atoms with van der Waals surface area (Å²) in [6.45, 7) is 1.94. The lowest BCUT2D eigenvalue weighted by Crippen LogP contribution is -2.16. The van der Waals surface area contributed by atoms with Gasteiger partial charge in [0.2, 0.25) is 0 Å². The summed E-state index contributed by atoms with van der Waals surface area (Å²) in [6, 6.07) is 7.51. The molecule has 20 heavy (non-hydrogen) atoms. The van der Waals surface area contributed by atoms with Crippen LogP contribution in [0.4, 0.5) is 5.69 Å². The minimum absolute atomic E-state index is 0.311. The van der Waals surface area contributed by atoms with Crippen molar-refractivity contribution in [1.82, 2.24) is 15.3 Å². The van der Waals surface area contributed by atoms with E-state index in [0.29, 0.717) is 5.82 Å². The first kappa shape index (κ1) is 13.6. The van der Waals surface area contributed by atoms with Gasteiger partial charge in [0.05, 0.1) is 16.9 Å². The lowest BCUT2D eigenvalue weighted by Gasteiger charge is -2.09. The van der Waals surface area contributed by atoms with E-state index in [1.165, 1.54) is 0 Å². The molecule has 3 N–H and O–H groups in total. The lowest BCUT2D eigenvalue weighted by atomic mass is 10.1. The maximum absolute atomic E-state index is 10.5. The Morgan fingerprint density at radius 2 is 2.30 bits per heavy atom. The van der Waals surface area contributed by atoms with Crippen molar-refractivity contribution in [2.75, 3.05) is 12.4 Å². The highest BCUT2D eigenvalue weighted by molar-refractivity contribution is 5.67. The minimum atomic E-state index is -0.513. The number of nitrogens with zero attached hydrogens (tertiary/aromatic N) is 2. The van der Waals surface area contributed by atoms with Crippen LogP contribution in [0.25, 0.3) is 11.3 Å². The Morgan fingerprint density at radius 3 is 2.90 bits per heavy atom. The zero-order valence-electron chi connectivity index (χ0n) is 11.2. The number of aromatic amines is 1. The Morgan fingerprint density at radius 1 is 1.50 bits per heavy atom. The molecule has 2 rings (SSSR count). The number of nitrogens with one attached hydrogen (secondary N) is 3. The molecular formula is C13H15N5O2. The van der Waals surface area contributed by atoms with Gasteiger partial charge in [-0.2, -0.15) is 0 Å². The molecule has 0 aliphatic rings. The minimum Gasteiger partial charge on any atom is -0.370 e. The van der Waals surface area contributed by atoms with E-state index >= 15 is 0 Å². The van der Waals surface area contributed by atoms with E-state index < -0.39 is 4.92 Å². The van der Waals surface area contributed by atoms with E-state index in [1.807, 2.05) is 31.2 Å². The van der Waals surface area contributed by atoms with Crippen LogP contribution in [-0.4, -0.2) is 21.9 Å². The molecule has 0 fully saturated rings. The standard InChI is InChI=1S/C13H15N5O2/c1-9-13(16-8-15-9)10-4-3-5-11(6-10)17-12(14-2)7-18(19)20/h3-8,14,17H,1-2H3,(H,15,16)/b12-7+. The first-order valence-electron chi connectivity index (χ1n) is 6.00. The van der Waals surface area contributed by atoms with Gasteiger partial charge in [0, 0.05) is 24.0 Å². The van der Waals surface area contributed by atoms with E-state index in [-0.39, 0.29) is 0 Å². The van der Waals surface area contributed by atoms with Crippen LogP contribution in [0.15, 0.2) is 42.6 Å². The van der Waals surface area contributed by atoms with Gasteiger partial charge in [-0.15, -0.1) is 0 Å². The van der Waals surface area contributed by atoms with Gasteiger partial charge in [0.25, 0.3) is 6.20 Å². The summed E-state index contributed by atoms with van der Waals surface area (Å²) in [4.78, 5) is 17.3. The van der Waals surface area contributed by atoms with E-state index in [0.717, 1.165) is 28.8 Å². The van der Waals surface area contributed by atoms with Gasteiger partial charge in [-0.1, -0.05) is 12.1 Å². The summed E-state index contributed by atoms with van der Waals surface area (Å²) in [6.07, 6.45) is 2.52. The Bertz CT molecular complexity index is 648. The second-order valence-corrected chi connectivity index (χ2v) is 4.16. The van der Waals surface area contributed by atoms with E-state index in [2.05, 4.69) is 20.6 Å². The number of nitro groups is 1. The number of imidazole rings is 1. The predicted octanol–water partition coefficient (Wildman–Crippen LogP) is 2.09. The monoisotopic (exact) mass is 273 g/mol. The average molecular weight is 273 g/mol. The molecule has 0 unspecified atom stereocenters. The van der Waals surface area contributed by atoms with E-state index in [1.54, 1.807) is 13.4 Å². The number of anilines is 1. The number of hydrogen-bond acceptors (Lipinski definition) is 5. The summed E-state index contributed by atoms with van der Waals surface area (Å²) in [5.74, 6) is 0.311. The normalized spacial score (nSPS) is 11.2. The summed E-state index contributed by atoms with van der Waals surface area (Å²) in [7, 11) is 1.62. The van der Waals surface area contributed by atoms with Crippen LogP contribution in [-0.2, 0) is 0 Å². The van der Waals surface area contributed by atoms with Crippen LogP contribution in [0.2, 0.25) is 0 Å². The van der Waals surface area contributed by atoms with Gasteiger partial charge in [-0.05, 0) is 19.1 Å². The van der Waals surface area contributed by atoms with Crippen molar-refractivity contribution in [3.63, 3.8) is 0 Å². The highest BCUT2D eigenvalue weighted by atomic mass is 16.6. The fraction of sp³-hybridized carbons (Fsp3) is 0.154. The van der Waals surface area contributed by atoms with Crippen molar-refractivity contribution in [1.29, 1.82) is 0 Å². The Balaban J connectivity index is 2.27. The molecule has 0 bridgehead atoms. The number of H-pyrrole nitrogens is 1. The molecule has 1 aromatic carbocycles. The second-order valence-electron chi connectivity index (χ2n) is 4.16. The molecule has 2 aromatic rings. The van der Waals surface area contributed by atoms with E-state index in [4.69, 9.17) is 0 Å². The number of hydrogen-bond donors (Lipinski definition) is 3. The molecule has 0 aliphatic carbocycles. The van der Waals surface area contributed by atoms with Crippen molar-refractivity contribution >= 4 is 5.69 Å². The van der Waals surface area contributed by atoms with Crippen molar-refractivity contribution < 1.29 is 4.92 Å². The van der Waals surface area contributed by atoms with Gasteiger partial charge in [0.15, 0.2) is 5.82 Å². The molecule has 1 heterocycles. The highest BCUT2D eigenvalue weighted by Crippen LogP contribution is 2.23. The number of aryl methyl sites for hydroxylation is 1. The topological polar surface area (TPSA) is 95.9 Å². The molecule has 0 aliphatic heterocycles. The van der Waals surface area contributed by atoms with Gasteiger partial charge in [-0.3, -0.25) is 10.1 Å². The molecule has 7 nitrogen and oxygen atoms in total. The molecule has 0 saturated heterocycles. The number of rotatable bonds is 5. The van der Waals surface area contributed by atoms with Gasteiger partial charge >= 0.3 is 0 Å². The molecule has 1 aromatic heterocycles. The molecule has 0 saturated carbocycles. The molecule has 0 amide bonds. The van der Waals surface area contributed by atoms with Crippen molar-refractivity contribution in [3.8, 4) is 11.3 Å². The second kappa shape index (κ2) is 5.87. The van der Waals surface area contributed by atoms with Gasteiger partial charge < -0.3 is 15.6 Å². The van der Waals surface area contributed by atoms with Crippen molar-refractivity contribution in [2.45, 2.75) is 6.92 Å². The average Bonchev–Trinajstić information content (AvgIpc) is 2.84. The summed E-state index contributed by atoms with van der Waals surface area (Å²) >= 11 is 0. The maximum Gasteiger partial charge on any atom is 0.274 e. The van der Waals surface area contributed by atoms with Crippen molar-refractivity contribution in [2.24, 2.45) is 0 Å². The van der Waals surface area contributed by atoms with E-state index in [9.17, 15) is 10.1 Å². The molecular weight excluding hydrogens is 258 g/mol. The molecule has 0 radical (unpaired) electrons. The molecule has 0 spiro atoms. The Labute approximate surface area is 115 Å². The fourth-order valence-corrected chi connectivity index (χ4v) is 1.81. The Hall–Kier alpha value is -2.83. The summed E-state index contributed by atoms with van der Waals surface area (Å²) in [5, 5.41) is 16.2. The van der Waals surface area contributed by atoms with Crippen LogP contribution >= 0.6 is 0 Å². The van der Waals surface area contributed by atoms with Crippen LogP contribution in [0.5, 0.6) is 0 Å². The van der Waals surface area contributed by atoms with Gasteiger partial charge in [0.1, 0.15) is 0 Å². The lowest BCUT2D eigenvalue weighted by molar-refractivity contribution is -0.403. The summed E-state index contributed by atoms with van der Waals surface area (Å²) < 4.78 is 0. The van der Waals surface area contributed by atoms with Gasteiger partial charge in [-0.25, -0.2) is 4.98 Å². The third kappa shape index (κ3) is 3.14. The zero-order chi connectivity index (χ0) is 14.5. The fourth-order valence-electron chi connectivity index (χ4n) is 1.81. The number of benzene rings is 1. The third-order valence-electron chi connectivity index (χ3n) is 2.75. The molecule has 7 heteroatoms. The van der Waals surface area contributed by atoms with Crippen LogP contribution < -0.4 is 10.6 Å². The first-order chi connectivity index (χ1) is 9.60. The SMILES string of the molecule is CN/C(=C\[N+](=O)[O-])Nc1cccc(-c2nc[nH]c2C)c1. The largest absolute Gasteiger partial charge is 0.370 e. The van der Waals surface area contributed by atoms with Crippen LogP contribution in [0.1, 0.15) is 5.69 Å². The zero-order valence-corrected chi connectivity index (χ0v) is 11.2.